The molecule has 2 aliphatic rings. The van der Waals surface area contributed by atoms with Crippen molar-refractivity contribution in [2.75, 3.05) is 0 Å². The Labute approximate surface area is 227 Å². The van der Waals surface area contributed by atoms with Crippen LogP contribution in [0.25, 0.3) is 0 Å². The summed E-state index contributed by atoms with van der Waals surface area (Å²) in [6.45, 7) is 13.6. The first-order valence-electron chi connectivity index (χ1n) is 14.0. The highest BCUT2D eigenvalue weighted by atomic mass is 31.2. The molecule has 1 aromatic carbocycles. The Kier molecular flexibility index (Phi) is 10.4. The SMILES string of the molecule is C=C(C)[C@@H]1CCC(C)=C[C@H]1c1c(O)cc(CCCCC)cc1OC(=O)C1(OP(=O)(O)OC(C)C)CCCC1. The summed E-state index contributed by atoms with van der Waals surface area (Å²) < 4.78 is 29.4. The minimum atomic E-state index is -4.50. The molecular weight excluding hydrogens is 503 g/mol. The van der Waals surface area contributed by atoms with E-state index in [0.717, 1.165) is 49.7 Å². The fraction of sp³-hybridized carbons (Fsp3) is 0.633. The van der Waals surface area contributed by atoms with Gasteiger partial charge in [-0.25, -0.2) is 9.36 Å². The number of phenols is 1. The first-order chi connectivity index (χ1) is 17.9. The van der Waals surface area contributed by atoms with Crippen LogP contribution in [-0.4, -0.2) is 27.7 Å². The van der Waals surface area contributed by atoms with Crippen LogP contribution in [0.1, 0.15) is 109 Å². The zero-order chi connectivity index (χ0) is 28.1. The first-order valence-corrected chi connectivity index (χ1v) is 15.5. The molecule has 0 bridgehead atoms. The summed E-state index contributed by atoms with van der Waals surface area (Å²) in [4.78, 5) is 24.1. The van der Waals surface area contributed by atoms with Crippen molar-refractivity contribution in [3.05, 3.63) is 47.1 Å². The van der Waals surface area contributed by atoms with E-state index in [4.69, 9.17) is 13.8 Å². The number of hydrogen-bond donors (Lipinski definition) is 2. The molecule has 1 saturated carbocycles. The third-order valence-electron chi connectivity index (χ3n) is 7.58. The maximum Gasteiger partial charge on any atom is 0.473 e. The van der Waals surface area contributed by atoms with Crippen molar-refractivity contribution in [3.8, 4) is 11.5 Å². The second-order valence-corrected chi connectivity index (χ2v) is 12.6. The second-order valence-electron chi connectivity index (χ2n) is 11.3. The lowest BCUT2D eigenvalue weighted by Gasteiger charge is -2.33. The summed E-state index contributed by atoms with van der Waals surface area (Å²) in [6, 6.07) is 3.61. The van der Waals surface area contributed by atoms with E-state index < -0.39 is 25.5 Å². The number of phosphoric ester groups is 1. The quantitative estimate of drug-likeness (QED) is 0.0900. The van der Waals surface area contributed by atoms with Crippen molar-refractivity contribution in [2.45, 2.75) is 116 Å². The average Bonchev–Trinajstić information content (AvgIpc) is 3.27. The summed E-state index contributed by atoms with van der Waals surface area (Å²) in [7, 11) is -4.50. The van der Waals surface area contributed by atoms with Crippen molar-refractivity contribution >= 4 is 13.8 Å². The number of carbonyl (C=O) groups is 1. The van der Waals surface area contributed by atoms with E-state index in [9.17, 15) is 19.4 Å². The average molecular weight is 549 g/mol. The predicted molar refractivity (Wildman–Crippen MR) is 149 cm³/mol. The van der Waals surface area contributed by atoms with Crippen molar-refractivity contribution in [1.29, 1.82) is 0 Å². The predicted octanol–water partition coefficient (Wildman–Crippen LogP) is 7.90. The Hall–Kier alpha value is -1.92. The number of benzene rings is 1. The number of phosphoric acid groups is 1. The van der Waals surface area contributed by atoms with Gasteiger partial charge in [-0.1, -0.05) is 43.6 Å². The van der Waals surface area contributed by atoms with Gasteiger partial charge in [0, 0.05) is 11.5 Å². The van der Waals surface area contributed by atoms with Gasteiger partial charge in [-0.3, -0.25) is 9.05 Å². The number of hydrogen-bond acceptors (Lipinski definition) is 6. The van der Waals surface area contributed by atoms with Crippen LogP contribution in [0.15, 0.2) is 35.9 Å². The molecule has 0 spiro atoms. The van der Waals surface area contributed by atoms with Gasteiger partial charge in [0.25, 0.3) is 0 Å². The zero-order valence-electron chi connectivity index (χ0n) is 23.6. The molecular formula is C30H45O7P. The molecule has 2 aliphatic carbocycles. The maximum atomic E-state index is 13.7. The molecule has 2 N–H and O–H groups in total. The fourth-order valence-corrected chi connectivity index (χ4v) is 6.97. The molecule has 212 valence electrons. The van der Waals surface area contributed by atoms with Gasteiger partial charge in [0.2, 0.25) is 0 Å². The van der Waals surface area contributed by atoms with E-state index in [2.05, 4.69) is 26.5 Å². The van der Waals surface area contributed by atoms with Crippen LogP contribution in [0.2, 0.25) is 0 Å². The van der Waals surface area contributed by atoms with E-state index in [-0.39, 0.29) is 36.2 Å². The summed E-state index contributed by atoms with van der Waals surface area (Å²) in [5.41, 5.74) is 2.05. The number of ether oxygens (including phenoxy) is 1. The van der Waals surface area contributed by atoms with Gasteiger partial charge in [0.05, 0.1) is 6.10 Å². The minimum absolute atomic E-state index is 0.0846. The summed E-state index contributed by atoms with van der Waals surface area (Å²) >= 11 is 0. The van der Waals surface area contributed by atoms with E-state index in [0.29, 0.717) is 18.4 Å². The van der Waals surface area contributed by atoms with Crippen LogP contribution in [-0.2, 0) is 24.8 Å². The smallest absolute Gasteiger partial charge is 0.473 e. The lowest BCUT2D eigenvalue weighted by molar-refractivity contribution is -0.153. The Balaban J connectivity index is 2.04. The molecule has 3 rings (SSSR count). The van der Waals surface area contributed by atoms with Crippen LogP contribution in [0.4, 0.5) is 0 Å². The van der Waals surface area contributed by atoms with E-state index in [1.807, 2.05) is 13.0 Å². The number of rotatable bonds is 12. The van der Waals surface area contributed by atoms with Crippen LogP contribution >= 0.6 is 7.82 Å². The Morgan fingerprint density at radius 1 is 1.24 bits per heavy atom. The zero-order valence-corrected chi connectivity index (χ0v) is 24.5. The third-order valence-corrected chi connectivity index (χ3v) is 8.85. The lowest BCUT2D eigenvalue weighted by Crippen LogP contribution is -2.41. The van der Waals surface area contributed by atoms with Crippen LogP contribution in [0.3, 0.4) is 0 Å². The standard InChI is InChI=1S/C30H45O7P/c1-7-8-9-12-23-18-26(31)28(25-17-22(6)13-14-24(25)20(2)3)27(19-23)35-29(32)30(15-10-11-16-30)37-38(33,34)36-21(4)5/h17-19,21,24-25,31H,2,7-16H2,1,3-6H3,(H,33,34)/t24-,25+/m0/s1. The van der Waals surface area contributed by atoms with Crippen molar-refractivity contribution in [1.82, 2.24) is 0 Å². The first kappa shape index (κ1) is 30.6. The fourth-order valence-electron chi connectivity index (χ4n) is 5.70. The number of aryl methyl sites for hydroxylation is 1. The highest BCUT2D eigenvalue weighted by molar-refractivity contribution is 7.47. The highest BCUT2D eigenvalue weighted by Gasteiger charge is 2.50. The Bertz CT molecular complexity index is 1080. The maximum absolute atomic E-state index is 13.7. The number of esters is 1. The monoisotopic (exact) mass is 548 g/mol. The summed E-state index contributed by atoms with van der Waals surface area (Å²) in [6.07, 6.45) is 9.06. The molecule has 1 aromatic rings. The second kappa shape index (κ2) is 13.0. The summed E-state index contributed by atoms with van der Waals surface area (Å²) in [5.74, 6) is -0.493. The molecule has 0 aromatic heterocycles. The van der Waals surface area contributed by atoms with Crippen molar-refractivity contribution < 1.29 is 33.1 Å². The summed E-state index contributed by atoms with van der Waals surface area (Å²) in [5, 5.41) is 11.3. The van der Waals surface area contributed by atoms with E-state index in [1.165, 1.54) is 5.57 Å². The largest absolute Gasteiger partial charge is 0.507 e. The molecule has 8 heteroatoms. The molecule has 7 nitrogen and oxygen atoms in total. The number of aromatic hydroxyl groups is 1. The van der Waals surface area contributed by atoms with Gasteiger partial charge in [-0.05, 0) is 103 Å². The third kappa shape index (κ3) is 7.59. The molecule has 1 unspecified atom stereocenters. The molecule has 0 heterocycles. The van der Waals surface area contributed by atoms with Gasteiger partial charge in [0.15, 0.2) is 5.60 Å². The van der Waals surface area contributed by atoms with E-state index >= 15 is 0 Å². The normalized spacial score (nSPS) is 22.7. The Morgan fingerprint density at radius 2 is 1.92 bits per heavy atom. The van der Waals surface area contributed by atoms with Crippen LogP contribution in [0.5, 0.6) is 11.5 Å². The molecule has 0 aliphatic heterocycles. The molecule has 0 amide bonds. The molecule has 3 atom stereocenters. The minimum Gasteiger partial charge on any atom is -0.507 e. The topological polar surface area (TPSA) is 102 Å². The molecule has 0 saturated heterocycles. The van der Waals surface area contributed by atoms with Crippen LogP contribution in [0, 0.1) is 5.92 Å². The van der Waals surface area contributed by atoms with Gasteiger partial charge in [-0.2, -0.15) is 0 Å². The highest BCUT2D eigenvalue weighted by Crippen LogP contribution is 2.53. The number of phenolic OH excluding ortho intramolecular Hbond substituents is 1. The van der Waals surface area contributed by atoms with Gasteiger partial charge >= 0.3 is 13.8 Å². The molecule has 1 fully saturated rings. The molecule has 0 radical (unpaired) electrons. The number of allylic oxidation sites excluding steroid dienone is 3. The number of unbranched alkanes of at least 4 members (excludes halogenated alkanes) is 2. The van der Waals surface area contributed by atoms with Crippen LogP contribution < -0.4 is 4.74 Å². The van der Waals surface area contributed by atoms with Gasteiger partial charge < -0.3 is 14.7 Å². The number of carbonyl (C=O) groups excluding carboxylic acids is 1. The van der Waals surface area contributed by atoms with Gasteiger partial charge in [-0.15, -0.1) is 0 Å². The molecule has 38 heavy (non-hydrogen) atoms. The van der Waals surface area contributed by atoms with E-state index in [1.54, 1.807) is 19.9 Å². The van der Waals surface area contributed by atoms with Gasteiger partial charge in [0.1, 0.15) is 11.5 Å². The lowest BCUT2D eigenvalue weighted by atomic mass is 9.73. The van der Waals surface area contributed by atoms with Crippen molar-refractivity contribution in [2.24, 2.45) is 5.92 Å². The van der Waals surface area contributed by atoms with Crippen molar-refractivity contribution in [3.63, 3.8) is 0 Å². The Morgan fingerprint density at radius 3 is 2.53 bits per heavy atom.